The van der Waals surface area contributed by atoms with Gasteiger partial charge in [0.2, 0.25) is 41.4 Å². The van der Waals surface area contributed by atoms with E-state index in [4.69, 9.17) is 11.5 Å². The van der Waals surface area contributed by atoms with E-state index in [1.54, 1.807) is 20.0 Å². The predicted octanol–water partition coefficient (Wildman–Crippen LogP) is -0.844. The van der Waals surface area contributed by atoms with Gasteiger partial charge in [0.25, 0.3) is 0 Å². The smallest absolute Gasteiger partial charge is 0.326 e. The zero-order valence-electron chi connectivity index (χ0n) is 32.0. The molecule has 7 atom stereocenters. The maximum absolute atomic E-state index is 14.2. The Labute approximate surface area is 319 Å². The largest absolute Gasteiger partial charge is 0.480 e. The number of aromatic amines is 1. The first kappa shape index (κ1) is 43.9. The Morgan fingerprint density at radius 3 is 2.22 bits per heavy atom. The molecule has 1 aliphatic rings. The number of hydrogen-bond donors (Lipinski definition) is 9. The Kier molecular flexibility index (Phi) is 16.1. The fraction of sp³-hybridized carbons (Fsp3) is 0.568. The molecule has 18 nitrogen and oxygen atoms in total. The van der Waals surface area contributed by atoms with Crippen molar-refractivity contribution in [1.82, 2.24) is 36.5 Å². The van der Waals surface area contributed by atoms with Crippen LogP contribution in [0, 0.1) is 11.8 Å². The lowest BCUT2D eigenvalue weighted by molar-refractivity contribution is -0.143. The van der Waals surface area contributed by atoms with E-state index in [1.165, 1.54) is 11.8 Å². The third-order valence-corrected chi connectivity index (χ3v) is 9.67. The lowest BCUT2D eigenvalue weighted by atomic mass is 9.99. The van der Waals surface area contributed by atoms with Gasteiger partial charge in [-0.1, -0.05) is 52.3 Å². The summed E-state index contributed by atoms with van der Waals surface area (Å²) in [6.45, 7) is 8.43. The number of H-pyrrole nitrogens is 1. The van der Waals surface area contributed by atoms with Crippen molar-refractivity contribution in [2.75, 3.05) is 13.1 Å². The van der Waals surface area contributed by atoms with Crippen molar-refractivity contribution < 1.29 is 43.5 Å². The van der Waals surface area contributed by atoms with Crippen LogP contribution in [0.3, 0.4) is 0 Å². The fourth-order valence-corrected chi connectivity index (χ4v) is 6.32. The van der Waals surface area contributed by atoms with Crippen molar-refractivity contribution >= 4 is 58.2 Å². The number of carboxylic acid groups (broad SMARTS) is 1. The number of benzene rings is 1. The summed E-state index contributed by atoms with van der Waals surface area (Å²) in [5.41, 5.74) is 12.7. The molecule has 1 aromatic heterocycles. The van der Waals surface area contributed by atoms with Crippen LogP contribution in [0.2, 0.25) is 0 Å². The number of nitrogens with zero attached hydrogens (tertiary/aromatic N) is 1. The molecule has 18 heteroatoms. The van der Waals surface area contributed by atoms with Crippen molar-refractivity contribution in [3.63, 3.8) is 0 Å². The average Bonchev–Trinajstić information content (AvgIpc) is 3.79. The summed E-state index contributed by atoms with van der Waals surface area (Å²) in [5, 5.41) is 22.9. The second-order valence-corrected chi connectivity index (χ2v) is 14.5. The number of hydrogen-bond acceptors (Lipinski definition) is 9. The zero-order chi connectivity index (χ0) is 41.0. The van der Waals surface area contributed by atoms with Gasteiger partial charge in [-0.2, -0.15) is 0 Å². The number of nitrogens with one attached hydrogen (secondary N) is 6. The molecular weight excluding hydrogens is 714 g/mol. The first-order chi connectivity index (χ1) is 25.9. The molecule has 3 rings (SSSR count). The number of carbonyl (C=O) groups excluding carboxylic acids is 7. The minimum absolute atomic E-state index is 0.0658. The third-order valence-electron chi connectivity index (χ3n) is 9.67. The Morgan fingerprint density at radius 1 is 0.909 bits per heavy atom. The maximum atomic E-state index is 14.2. The Balaban J connectivity index is 1.73. The van der Waals surface area contributed by atoms with Crippen molar-refractivity contribution in [3.8, 4) is 0 Å². The number of para-hydroxylation sites is 1. The molecule has 55 heavy (non-hydrogen) atoms. The number of likely N-dealkylation sites (tertiary alicyclic amines) is 1. The van der Waals surface area contributed by atoms with Crippen LogP contribution in [0.1, 0.15) is 72.3 Å². The normalized spacial score (nSPS) is 17.3. The van der Waals surface area contributed by atoms with Gasteiger partial charge in [-0.05, 0) is 49.7 Å². The number of amides is 7. The molecule has 0 aliphatic carbocycles. The minimum Gasteiger partial charge on any atom is -0.480 e. The first-order valence-corrected chi connectivity index (χ1v) is 18.5. The minimum atomic E-state index is -1.60. The lowest BCUT2D eigenvalue weighted by Crippen LogP contribution is -2.58. The topological polar surface area (TPSA) is 288 Å². The molecule has 0 spiro atoms. The standard InChI is InChI=1S/C37H55N9O9/c1-6-20(4)31(39)35(52)42-21(5)32(49)44-26(15-22-17-40-24-11-8-7-10-23(22)24)36(53)46-13-9-12-28(46)34(51)41-18-30(48)43-25(14-19(2)3)33(50)45-27(37(54)55)16-29(38)47/h7-8,10-11,17,19-21,25-28,31,40H,6,9,12-16,18,39H2,1-5H3,(H2,38,47)(H,41,51)(H,42,52)(H,43,48)(H,44,49)(H,45,50)(H,54,55)/t20-,21-,25-,26-,27-,28-,31-/m0/s1. The van der Waals surface area contributed by atoms with Crippen molar-refractivity contribution in [3.05, 3.63) is 36.0 Å². The number of nitrogens with two attached hydrogens (primary N) is 2. The van der Waals surface area contributed by atoms with Crippen molar-refractivity contribution in [2.24, 2.45) is 23.3 Å². The Bertz CT molecular complexity index is 1730. The van der Waals surface area contributed by atoms with E-state index in [2.05, 4.69) is 31.6 Å². The van der Waals surface area contributed by atoms with E-state index >= 15 is 0 Å². The van der Waals surface area contributed by atoms with E-state index in [0.29, 0.717) is 12.8 Å². The van der Waals surface area contributed by atoms with Gasteiger partial charge in [-0.25, -0.2) is 4.79 Å². The molecule has 2 heterocycles. The highest BCUT2D eigenvalue weighted by molar-refractivity contribution is 5.97. The van der Waals surface area contributed by atoms with Crippen LogP contribution >= 0.6 is 0 Å². The number of aliphatic carboxylic acids is 1. The molecule has 0 saturated carbocycles. The average molecular weight is 770 g/mol. The van der Waals surface area contributed by atoms with Gasteiger partial charge in [0, 0.05) is 30.1 Å². The number of fused-ring (bicyclic) bond motifs is 1. The molecule has 1 aromatic carbocycles. The number of carbonyl (C=O) groups is 8. The SMILES string of the molecule is CC[C@H](C)[C@H](N)C(=O)N[C@@H](C)C(=O)N[C@@H](Cc1c[nH]c2ccccc12)C(=O)N1CCC[C@H]1C(=O)NCC(=O)N[C@@H](CC(C)C)C(=O)N[C@@H](CC(N)=O)C(=O)O. The fourth-order valence-electron chi connectivity index (χ4n) is 6.32. The van der Waals surface area contributed by atoms with Gasteiger partial charge in [0.1, 0.15) is 30.2 Å². The second kappa shape index (κ2) is 20.2. The Hall–Kier alpha value is -5.52. The number of primary amides is 1. The van der Waals surface area contributed by atoms with Crippen LogP contribution in [0.25, 0.3) is 10.9 Å². The maximum Gasteiger partial charge on any atom is 0.326 e. The lowest BCUT2D eigenvalue weighted by Gasteiger charge is -2.29. The summed E-state index contributed by atoms with van der Waals surface area (Å²) in [5.74, 6) is -6.52. The van der Waals surface area contributed by atoms with Crippen LogP contribution in [0.5, 0.6) is 0 Å². The number of aromatic nitrogens is 1. The summed E-state index contributed by atoms with van der Waals surface area (Å²) in [4.78, 5) is 107. The molecule has 11 N–H and O–H groups in total. The van der Waals surface area contributed by atoms with Gasteiger partial charge in [-0.3, -0.25) is 33.6 Å². The molecule has 0 radical (unpaired) electrons. The molecule has 1 fully saturated rings. The highest BCUT2D eigenvalue weighted by Gasteiger charge is 2.39. The van der Waals surface area contributed by atoms with E-state index in [1.807, 2.05) is 38.1 Å². The highest BCUT2D eigenvalue weighted by Crippen LogP contribution is 2.23. The summed E-state index contributed by atoms with van der Waals surface area (Å²) >= 11 is 0. The highest BCUT2D eigenvalue weighted by atomic mass is 16.4. The van der Waals surface area contributed by atoms with Crippen molar-refractivity contribution in [1.29, 1.82) is 0 Å². The van der Waals surface area contributed by atoms with Crippen LogP contribution in [-0.4, -0.2) is 112 Å². The molecule has 2 aromatic rings. The molecule has 0 unspecified atom stereocenters. The molecule has 302 valence electrons. The summed E-state index contributed by atoms with van der Waals surface area (Å²) in [7, 11) is 0. The molecule has 7 amide bonds. The van der Waals surface area contributed by atoms with Crippen LogP contribution in [0.15, 0.2) is 30.5 Å². The van der Waals surface area contributed by atoms with Crippen molar-refractivity contribution in [2.45, 2.75) is 109 Å². The summed E-state index contributed by atoms with van der Waals surface area (Å²) in [6.07, 6.45) is 2.69. The quantitative estimate of drug-likeness (QED) is 0.0805. The van der Waals surface area contributed by atoms with E-state index in [0.717, 1.165) is 16.5 Å². The molecule has 1 saturated heterocycles. The van der Waals surface area contributed by atoms with Crippen LogP contribution in [0.4, 0.5) is 0 Å². The van der Waals surface area contributed by atoms with E-state index in [9.17, 15) is 43.5 Å². The van der Waals surface area contributed by atoms with Gasteiger partial charge in [-0.15, -0.1) is 0 Å². The number of rotatable bonds is 20. The molecule has 1 aliphatic heterocycles. The zero-order valence-corrected chi connectivity index (χ0v) is 32.0. The Morgan fingerprint density at radius 2 is 1.58 bits per heavy atom. The third kappa shape index (κ3) is 12.5. The van der Waals surface area contributed by atoms with E-state index < -0.39 is 96.5 Å². The molecular formula is C37H55N9O9. The van der Waals surface area contributed by atoms with Gasteiger partial charge in [0.05, 0.1) is 19.0 Å². The summed E-state index contributed by atoms with van der Waals surface area (Å²) < 4.78 is 0. The molecule has 0 bridgehead atoms. The van der Waals surface area contributed by atoms with Crippen LogP contribution < -0.4 is 38.1 Å². The first-order valence-electron chi connectivity index (χ1n) is 18.5. The van der Waals surface area contributed by atoms with Gasteiger partial charge < -0.3 is 53.0 Å². The van der Waals surface area contributed by atoms with E-state index in [-0.39, 0.29) is 37.6 Å². The second-order valence-electron chi connectivity index (χ2n) is 14.5. The summed E-state index contributed by atoms with van der Waals surface area (Å²) in [6, 6.07) is 0.701. The van der Waals surface area contributed by atoms with Gasteiger partial charge >= 0.3 is 5.97 Å². The van der Waals surface area contributed by atoms with Gasteiger partial charge in [0.15, 0.2) is 0 Å². The van der Waals surface area contributed by atoms with Crippen LogP contribution in [-0.2, 0) is 44.8 Å². The monoisotopic (exact) mass is 769 g/mol. The predicted molar refractivity (Wildman–Crippen MR) is 201 cm³/mol. The number of carboxylic acids is 1.